The SMILES string of the molecule is O=[N+]([O-])c1cc(C(F)(F)F)ccc1CN1CCCC1. The molecule has 1 heterocycles. The van der Waals surface area contributed by atoms with E-state index in [9.17, 15) is 23.3 Å². The van der Waals surface area contributed by atoms with Crippen LogP contribution < -0.4 is 0 Å². The highest BCUT2D eigenvalue weighted by atomic mass is 19.4. The zero-order valence-electron chi connectivity index (χ0n) is 10.1. The van der Waals surface area contributed by atoms with Crippen molar-refractivity contribution >= 4 is 5.69 Å². The molecule has 0 amide bonds. The maximum Gasteiger partial charge on any atom is 0.416 e. The Balaban J connectivity index is 2.29. The number of hydrogen-bond acceptors (Lipinski definition) is 3. The number of benzene rings is 1. The van der Waals surface area contributed by atoms with Crippen LogP contribution in [0.4, 0.5) is 18.9 Å². The van der Waals surface area contributed by atoms with Crippen LogP contribution in [0.2, 0.25) is 0 Å². The Morgan fingerprint density at radius 1 is 1.26 bits per heavy atom. The van der Waals surface area contributed by atoms with Gasteiger partial charge in [0.15, 0.2) is 0 Å². The number of halogens is 3. The molecule has 0 radical (unpaired) electrons. The van der Waals surface area contributed by atoms with Gasteiger partial charge in [0.25, 0.3) is 5.69 Å². The molecule has 1 aliphatic rings. The first kappa shape index (κ1) is 13.8. The van der Waals surface area contributed by atoms with Gasteiger partial charge in [-0.1, -0.05) is 6.07 Å². The minimum atomic E-state index is -4.56. The Morgan fingerprint density at radius 2 is 1.89 bits per heavy atom. The molecule has 0 saturated carbocycles. The Bertz CT molecular complexity index is 482. The fourth-order valence-corrected chi connectivity index (χ4v) is 2.23. The first-order valence-corrected chi connectivity index (χ1v) is 5.95. The molecule has 1 fully saturated rings. The Morgan fingerprint density at radius 3 is 2.42 bits per heavy atom. The third-order valence-electron chi connectivity index (χ3n) is 3.20. The molecule has 0 unspecified atom stereocenters. The molecule has 0 bridgehead atoms. The Hall–Kier alpha value is -1.63. The van der Waals surface area contributed by atoms with Crippen LogP contribution in [0, 0.1) is 10.1 Å². The zero-order chi connectivity index (χ0) is 14.0. The van der Waals surface area contributed by atoms with Crippen LogP contribution in [0.1, 0.15) is 24.0 Å². The zero-order valence-corrected chi connectivity index (χ0v) is 10.1. The van der Waals surface area contributed by atoms with E-state index in [1.807, 2.05) is 4.90 Å². The summed E-state index contributed by atoms with van der Waals surface area (Å²) in [6, 6.07) is 2.73. The summed E-state index contributed by atoms with van der Waals surface area (Å²) in [6.45, 7) is 1.99. The van der Waals surface area contributed by atoms with Crippen LogP contribution in [0.5, 0.6) is 0 Å². The molecule has 0 spiro atoms. The number of rotatable bonds is 3. The molecular weight excluding hydrogens is 261 g/mol. The number of alkyl halides is 3. The van der Waals surface area contributed by atoms with Crippen LogP contribution in [0.3, 0.4) is 0 Å². The summed E-state index contributed by atoms with van der Waals surface area (Å²) in [5, 5.41) is 10.9. The van der Waals surface area contributed by atoms with Gasteiger partial charge in [-0.2, -0.15) is 13.2 Å². The lowest BCUT2D eigenvalue weighted by Crippen LogP contribution is -2.19. The third-order valence-corrected chi connectivity index (χ3v) is 3.20. The quantitative estimate of drug-likeness (QED) is 0.628. The second-order valence-corrected chi connectivity index (χ2v) is 4.58. The summed E-state index contributed by atoms with van der Waals surface area (Å²) in [5.74, 6) is 0. The number of hydrogen-bond donors (Lipinski definition) is 0. The highest BCUT2D eigenvalue weighted by molar-refractivity contribution is 5.44. The van der Waals surface area contributed by atoms with Gasteiger partial charge in [-0.05, 0) is 32.0 Å². The van der Waals surface area contributed by atoms with Crippen LogP contribution in [-0.4, -0.2) is 22.9 Å². The van der Waals surface area contributed by atoms with Gasteiger partial charge >= 0.3 is 6.18 Å². The summed E-state index contributed by atoms with van der Waals surface area (Å²) < 4.78 is 37.6. The van der Waals surface area contributed by atoms with E-state index in [4.69, 9.17) is 0 Å². The molecular formula is C12H13F3N2O2. The van der Waals surface area contributed by atoms with E-state index in [0.717, 1.165) is 32.0 Å². The highest BCUT2D eigenvalue weighted by Gasteiger charge is 2.33. The van der Waals surface area contributed by atoms with E-state index >= 15 is 0 Å². The van der Waals surface area contributed by atoms with E-state index in [1.165, 1.54) is 6.07 Å². The number of likely N-dealkylation sites (tertiary alicyclic amines) is 1. The highest BCUT2D eigenvalue weighted by Crippen LogP contribution is 2.33. The monoisotopic (exact) mass is 274 g/mol. The largest absolute Gasteiger partial charge is 0.416 e. The first-order chi connectivity index (χ1) is 8.88. The number of nitrogens with zero attached hydrogens (tertiary/aromatic N) is 2. The predicted molar refractivity (Wildman–Crippen MR) is 62.6 cm³/mol. The van der Waals surface area contributed by atoms with Crippen molar-refractivity contribution in [2.75, 3.05) is 13.1 Å². The fourth-order valence-electron chi connectivity index (χ4n) is 2.23. The van der Waals surface area contributed by atoms with Gasteiger partial charge in [0.05, 0.1) is 10.5 Å². The van der Waals surface area contributed by atoms with Gasteiger partial charge in [0.2, 0.25) is 0 Å². The van der Waals surface area contributed by atoms with Crippen molar-refractivity contribution in [1.82, 2.24) is 4.90 Å². The van der Waals surface area contributed by atoms with E-state index in [1.54, 1.807) is 0 Å². The number of nitro groups is 1. The third kappa shape index (κ3) is 3.23. The van der Waals surface area contributed by atoms with Crippen LogP contribution in [-0.2, 0) is 12.7 Å². The molecule has 7 heteroatoms. The van der Waals surface area contributed by atoms with Gasteiger partial charge in [0.1, 0.15) is 0 Å². The molecule has 1 saturated heterocycles. The first-order valence-electron chi connectivity index (χ1n) is 5.95. The van der Waals surface area contributed by atoms with Crippen LogP contribution in [0.15, 0.2) is 18.2 Å². The van der Waals surface area contributed by atoms with Crippen LogP contribution >= 0.6 is 0 Å². The van der Waals surface area contributed by atoms with Gasteiger partial charge in [-0.25, -0.2) is 0 Å². The van der Waals surface area contributed by atoms with E-state index < -0.39 is 22.4 Å². The Labute approximate surface area is 108 Å². The topological polar surface area (TPSA) is 46.4 Å². The second-order valence-electron chi connectivity index (χ2n) is 4.58. The van der Waals surface area contributed by atoms with E-state index in [2.05, 4.69) is 0 Å². The molecule has 1 aliphatic heterocycles. The lowest BCUT2D eigenvalue weighted by Gasteiger charge is -2.15. The van der Waals surface area contributed by atoms with Gasteiger partial charge in [-0.15, -0.1) is 0 Å². The molecule has 1 aromatic carbocycles. The minimum Gasteiger partial charge on any atom is -0.299 e. The van der Waals surface area contributed by atoms with Gasteiger partial charge < -0.3 is 0 Å². The molecule has 0 aliphatic carbocycles. The summed E-state index contributed by atoms with van der Waals surface area (Å²) in [6.07, 6.45) is -2.51. The van der Waals surface area contributed by atoms with Crippen molar-refractivity contribution in [3.8, 4) is 0 Å². The summed E-state index contributed by atoms with van der Waals surface area (Å²) in [5.41, 5.74) is -1.11. The van der Waals surface area contributed by atoms with E-state index in [-0.39, 0.29) is 0 Å². The van der Waals surface area contributed by atoms with Crippen molar-refractivity contribution in [2.45, 2.75) is 25.6 Å². The molecule has 1 aromatic rings. The number of nitro benzene ring substituents is 1. The maximum atomic E-state index is 12.5. The van der Waals surface area contributed by atoms with Gasteiger partial charge in [0, 0.05) is 18.2 Å². The molecule has 19 heavy (non-hydrogen) atoms. The molecule has 104 valence electrons. The van der Waals surface area contributed by atoms with Crippen molar-refractivity contribution in [1.29, 1.82) is 0 Å². The molecule has 0 atom stereocenters. The van der Waals surface area contributed by atoms with Crippen molar-refractivity contribution in [2.24, 2.45) is 0 Å². The lowest BCUT2D eigenvalue weighted by molar-refractivity contribution is -0.386. The van der Waals surface area contributed by atoms with Gasteiger partial charge in [-0.3, -0.25) is 15.0 Å². The van der Waals surface area contributed by atoms with Crippen molar-refractivity contribution in [3.05, 3.63) is 39.4 Å². The second kappa shape index (κ2) is 5.16. The van der Waals surface area contributed by atoms with E-state index in [0.29, 0.717) is 18.2 Å². The summed E-state index contributed by atoms with van der Waals surface area (Å²) in [4.78, 5) is 12.2. The molecule has 4 nitrogen and oxygen atoms in total. The van der Waals surface area contributed by atoms with Crippen LogP contribution in [0.25, 0.3) is 0 Å². The minimum absolute atomic E-state index is 0.328. The fraction of sp³-hybridized carbons (Fsp3) is 0.500. The summed E-state index contributed by atoms with van der Waals surface area (Å²) >= 11 is 0. The molecule has 0 N–H and O–H groups in total. The average Bonchev–Trinajstić information content (AvgIpc) is 2.80. The maximum absolute atomic E-state index is 12.5. The summed E-state index contributed by atoms with van der Waals surface area (Å²) in [7, 11) is 0. The Kier molecular flexibility index (Phi) is 3.75. The van der Waals surface area contributed by atoms with Crippen molar-refractivity contribution < 1.29 is 18.1 Å². The van der Waals surface area contributed by atoms with Crippen molar-refractivity contribution in [3.63, 3.8) is 0 Å². The normalized spacial score (nSPS) is 16.8. The molecule has 0 aromatic heterocycles. The smallest absolute Gasteiger partial charge is 0.299 e. The lowest BCUT2D eigenvalue weighted by atomic mass is 10.1. The average molecular weight is 274 g/mol. The standard InChI is InChI=1S/C12H13F3N2O2/c13-12(14,15)10-4-3-9(11(7-10)17(18)19)8-16-5-1-2-6-16/h3-4,7H,1-2,5-6,8H2. The predicted octanol–water partition coefficient (Wildman–Crippen LogP) is 3.21. The molecule has 2 rings (SSSR count).